The predicted molar refractivity (Wildman–Crippen MR) is 61.9 cm³/mol. The van der Waals surface area contributed by atoms with Crippen LogP contribution in [0.25, 0.3) is 5.69 Å². The Morgan fingerprint density at radius 1 is 1.41 bits per heavy atom. The normalized spacial score (nSPS) is 9.82. The molecule has 17 heavy (non-hydrogen) atoms. The van der Waals surface area contributed by atoms with E-state index in [0.29, 0.717) is 17.1 Å². The fourth-order valence-electron chi connectivity index (χ4n) is 1.59. The molecule has 0 saturated heterocycles. The molecule has 0 radical (unpaired) electrons. The first-order valence-electron chi connectivity index (χ1n) is 4.84. The number of rotatable bonds is 2. The minimum Gasteiger partial charge on any atom is -0.478 e. The van der Waals surface area contributed by atoms with Crippen LogP contribution in [0.3, 0.4) is 0 Å². The second kappa shape index (κ2) is 4.02. The van der Waals surface area contributed by atoms with E-state index in [0.717, 1.165) is 0 Å². The van der Waals surface area contributed by atoms with E-state index in [1.807, 2.05) is 6.07 Å². The highest BCUT2D eigenvalue weighted by Gasteiger charge is 2.09. The van der Waals surface area contributed by atoms with Gasteiger partial charge in [-0.05, 0) is 30.3 Å². The second-order valence-corrected chi connectivity index (χ2v) is 3.45. The van der Waals surface area contributed by atoms with E-state index in [1.54, 1.807) is 29.0 Å². The van der Waals surface area contributed by atoms with Crippen molar-refractivity contribution in [1.82, 2.24) is 4.57 Å². The second-order valence-electron chi connectivity index (χ2n) is 3.45. The number of aromatic carboxylic acids is 1. The summed E-state index contributed by atoms with van der Waals surface area (Å²) in [6, 6.07) is 9.82. The van der Waals surface area contributed by atoms with Crippen molar-refractivity contribution in [2.75, 3.05) is 5.73 Å². The van der Waals surface area contributed by atoms with Crippen molar-refractivity contribution in [3.8, 4) is 11.8 Å². The standard InChI is InChI=1S/C12H9N3O2/c13-7-9-2-1-5-15(9)11-4-3-8(12(16)17)6-10(11)14/h1-6H,14H2,(H,16,17). The van der Waals surface area contributed by atoms with Crippen LogP contribution in [-0.2, 0) is 0 Å². The number of carbonyl (C=O) groups is 1. The maximum atomic E-state index is 10.8. The number of nitrogen functional groups attached to an aromatic ring is 1. The third-order valence-corrected chi connectivity index (χ3v) is 2.40. The van der Waals surface area contributed by atoms with E-state index in [-0.39, 0.29) is 5.56 Å². The summed E-state index contributed by atoms with van der Waals surface area (Å²) in [5.41, 5.74) is 7.26. The summed E-state index contributed by atoms with van der Waals surface area (Å²) < 4.78 is 1.61. The van der Waals surface area contributed by atoms with Gasteiger partial charge >= 0.3 is 5.97 Å². The topological polar surface area (TPSA) is 92.0 Å². The van der Waals surface area contributed by atoms with Gasteiger partial charge in [0.2, 0.25) is 0 Å². The summed E-state index contributed by atoms with van der Waals surface area (Å²) >= 11 is 0. The molecule has 0 saturated carbocycles. The molecular formula is C12H9N3O2. The minimum atomic E-state index is -1.03. The first kappa shape index (κ1) is 10.8. The Labute approximate surface area is 97.3 Å². The average molecular weight is 227 g/mol. The molecule has 1 heterocycles. The van der Waals surface area contributed by atoms with E-state index in [9.17, 15) is 4.79 Å². The fourth-order valence-corrected chi connectivity index (χ4v) is 1.59. The third-order valence-electron chi connectivity index (χ3n) is 2.40. The van der Waals surface area contributed by atoms with Crippen molar-refractivity contribution in [3.05, 3.63) is 47.8 Å². The molecule has 3 N–H and O–H groups in total. The van der Waals surface area contributed by atoms with Gasteiger partial charge in [-0.25, -0.2) is 4.79 Å². The van der Waals surface area contributed by atoms with Gasteiger partial charge in [0, 0.05) is 6.20 Å². The summed E-state index contributed by atoms with van der Waals surface area (Å²) in [4.78, 5) is 10.8. The van der Waals surface area contributed by atoms with E-state index < -0.39 is 5.97 Å². The van der Waals surface area contributed by atoms with Crippen LogP contribution in [0.2, 0.25) is 0 Å². The summed E-state index contributed by atoms with van der Waals surface area (Å²) in [7, 11) is 0. The molecule has 0 unspecified atom stereocenters. The molecule has 5 heteroatoms. The number of aromatic nitrogens is 1. The number of hydrogen-bond acceptors (Lipinski definition) is 3. The van der Waals surface area contributed by atoms with Gasteiger partial charge in [-0.2, -0.15) is 5.26 Å². The number of anilines is 1. The smallest absolute Gasteiger partial charge is 0.335 e. The lowest BCUT2D eigenvalue weighted by molar-refractivity contribution is 0.0697. The molecule has 84 valence electrons. The highest BCUT2D eigenvalue weighted by molar-refractivity contribution is 5.89. The van der Waals surface area contributed by atoms with E-state index >= 15 is 0 Å². The van der Waals surface area contributed by atoms with Gasteiger partial charge in [-0.3, -0.25) is 0 Å². The molecule has 0 amide bonds. The Balaban J connectivity index is 2.55. The predicted octanol–water partition coefficient (Wildman–Crippen LogP) is 1.63. The lowest BCUT2D eigenvalue weighted by Crippen LogP contribution is -2.04. The van der Waals surface area contributed by atoms with Crippen molar-refractivity contribution in [1.29, 1.82) is 5.26 Å². The monoisotopic (exact) mass is 227 g/mol. The highest BCUT2D eigenvalue weighted by Crippen LogP contribution is 2.21. The van der Waals surface area contributed by atoms with Crippen LogP contribution in [-0.4, -0.2) is 15.6 Å². The lowest BCUT2D eigenvalue weighted by atomic mass is 10.1. The summed E-state index contributed by atoms with van der Waals surface area (Å²) in [6.07, 6.45) is 1.70. The van der Waals surface area contributed by atoms with Crippen LogP contribution in [0.4, 0.5) is 5.69 Å². The molecular weight excluding hydrogens is 218 g/mol. The van der Waals surface area contributed by atoms with Gasteiger partial charge in [0.15, 0.2) is 0 Å². The zero-order valence-corrected chi connectivity index (χ0v) is 8.79. The van der Waals surface area contributed by atoms with Crippen molar-refractivity contribution < 1.29 is 9.90 Å². The maximum absolute atomic E-state index is 10.8. The molecule has 2 rings (SSSR count). The molecule has 0 fully saturated rings. The van der Waals surface area contributed by atoms with Gasteiger partial charge in [0.05, 0.1) is 16.9 Å². The molecule has 1 aromatic heterocycles. The Bertz CT molecular complexity index is 623. The number of nitrogens with two attached hydrogens (primary N) is 1. The van der Waals surface area contributed by atoms with E-state index in [2.05, 4.69) is 0 Å². The van der Waals surface area contributed by atoms with Crippen molar-refractivity contribution in [3.63, 3.8) is 0 Å². The van der Waals surface area contributed by atoms with Crippen LogP contribution in [0.5, 0.6) is 0 Å². The highest BCUT2D eigenvalue weighted by atomic mass is 16.4. The zero-order valence-electron chi connectivity index (χ0n) is 8.79. The molecule has 0 spiro atoms. The van der Waals surface area contributed by atoms with E-state index in [1.165, 1.54) is 12.1 Å². The lowest BCUT2D eigenvalue weighted by Gasteiger charge is -2.08. The first-order valence-corrected chi connectivity index (χ1v) is 4.84. The van der Waals surface area contributed by atoms with Crippen LogP contribution in [0.15, 0.2) is 36.5 Å². The number of nitrogens with zero attached hydrogens (tertiary/aromatic N) is 2. The summed E-state index contributed by atoms with van der Waals surface area (Å²) in [6.45, 7) is 0. The van der Waals surface area contributed by atoms with Gasteiger partial charge in [0.25, 0.3) is 0 Å². The molecule has 0 aliphatic heterocycles. The maximum Gasteiger partial charge on any atom is 0.335 e. The number of carboxylic acid groups (broad SMARTS) is 1. The SMILES string of the molecule is N#Cc1cccn1-c1ccc(C(=O)O)cc1N. The molecule has 0 bridgehead atoms. The first-order chi connectivity index (χ1) is 8.13. The average Bonchev–Trinajstić information content (AvgIpc) is 2.76. The number of nitriles is 1. The Morgan fingerprint density at radius 2 is 2.18 bits per heavy atom. The molecule has 0 aliphatic carbocycles. The van der Waals surface area contributed by atoms with Gasteiger partial charge in [-0.1, -0.05) is 0 Å². The quantitative estimate of drug-likeness (QED) is 0.762. The minimum absolute atomic E-state index is 0.122. The fraction of sp³-hybridized carbons (Fsp3) is 0. The van der Waals surface area contributed by atoms with Gasteiger partial charge in [0.1, 0.15) is 11.8 Å². The van der Waals surface area contributed by atoms with Gasteiger partial charge < -0.3 is 15.4 Å². The van der Waals surface area contributed by atoms with Crippen molar-refractivity contribution in [2.45, 2.75) is 0 Å². The van der Waals surface area contributed by atoms with Crippen molar-refractivity contribution >= 4 is 11.7 Å². The number of hydrogen-bond donors (Lipinski definition) is 2. The largest absolute Gasteiger partial charge is 0.478 e. The molecule has 5 nitrogen and oxygen atoms in total. The Kier molecular flexibility index (Phi) is 2.55. The third kappa shape index (κ3) is 1.84. The zero-order chi connectivity index (χ0) is 12.4. The molecule has 0 aliphatic rings. The summed E-state index contributed by atoms with van der Waals surface area (Å²) in [5.74, 6) is -1.03. The molecule has 2 aromatic rings. The Hall–Kier alpha value is -2.74. The Morgan fingerprint density at radius 3 is 2.76 bits per heavy atom. The summed E-state index contributed by atoms with van der Waals surface area (Å²) in [5, 5.41) is 17.7. The number of carboxylic acids is 1. The van der Waals surface area contributed by atoms with Crippen LogP contribution < -0.4 is 5.73 Å². The van der Waals surface area contributed by atoms with Crippen molar-refractivity contribution in [2.24, 2.45) is 0 Å². The molecule has 0 atom stereocenters. The van der Waals surface area contributed by atoms with Gasteiger partial charge in [-0.15, -0.1) is 0 Å². The van der Waals surface area contributed by atoms with E-state index in [4.69, 9.17) is 16.1 Å². The van der Waals surface area contributed by atoms with Crippen LogP contribution >= 0.6 is 0 Å². The van der Waals surface area contributed by atoms with Crippen LogP contribution in [0.1, 0.15) is 16.1 Å². The number of benzene rings is 1. The van der Waals surface area contributed by atoms with Crippen LogP contribution in [0, 0.1) is 11.3 Å². The molecule has 1 aromatic carbocycles.